The summed E-state index contributed by atoms with van der Waals surface area (Å²) in [6.45, 7) is 2.32. The Morgan fingerprint density at radius 2 is 1.97 bits per heavy atom. The molecule has 7 heteroatoms. The first kappa shape index (κ1) is 20.2. The minimum absolute atomic E-state index is 0.0756. The molecule has 6 nitrogen and oxygen atoms in total. The average Bonchev–Trinajstić information content (AvgIpc) is 3.42. The maximum Gasteiger partial charge on any atom is 0.264 e. The lowest BCUT2D eigenvalue weighted by Gasteiger charge is -2.20. The summed E-state index contributed by atoms with van der Waals surface area (Å²) in [5, 5.41) is 2.93. The summed E-state index contributed by atoms with van der Waals surface area (Å²) < 4.78 is 33.2. The first-order valence-corrected chi connectivity index (χ1v) is 11.4. The van der Waals surface area contributed by atoms with Gasteiger partial charge >= 0.3 is 0 Å². The van der Waals surface area contributed by atoms with Crippen LogP contribution in [0.4, 0.5) is 5.69 Å². The van der Waals surface area contributed by atoms with Crippen LogP contribution in [0, 0.1) is 0 Å². The van der Waals surface area contributed by atoms with Crippen LogP contribution < -0.4 is 9.62 Å². The number of carbonyl (C=O) groups is 1. The van der Waals surface area contributed by atoms with Crippen molar-refractivity contribution in [2.45, 2.75) is 37.1 Å². The maximum absolute atomic E-state index is 13.2. The molecule has 0 unspecified atom stereocenters. The molecule has 1 aromatic heterocycles. The molecule has 0 aliphatic carbocycles. The fraction of sp³-hybridized carbons (Fsp3) is 0.261. The summed E-state index contributed by atoms with van der Waals surface area (Å²) in [6.07, 6.45) is 3.76. The number of nitrogens with zero attached hydrogens (tertiary/aromatic N) is 1. The van der Waals surface area contributed by atoms with Gasteiger partial charge in [0.15, 0.2) is 0 Å². The Hall–Kier alpha value is -3.06. The van der Waals surface area contributed by atoms with Gasteiger partial charge in [-0.15, -0.1) is 0 Å². The number of fused-ring (bicyclic) bond motifs is 1. The van der Waals surface area contributed by atoms with E-state index in [4.69, 9.17) is 4.42 Å². The lowest BCUT2D eigenvalue weighted by atomic mass is 10.1. The second-order valence-corrected chi connectivity index (χ2v) is 9.34. The van der Waals surface area contributed by atoms with Crippen molar-refractivity contribution in [3.63, 3.8) is 0 Å². The van der Waals surface area contributed by atoms with Crippen LogP contribution in [0.1, 0.15) is 35.0 Å². The number of furan rings is 1. The molecule has 1 N–H and O–H groups in total. The van der Waals surface area contributed by atoms with Crippen molar-refractivity contribution in [1.82, 2.24) is 5.32 Å². The van der Waals surface area contributed by atoms with Crippen molar-refractivity contribution in [1.29, 1.82) is 0 Å². The minimum atomic E-state index is -3.74. The zero-order chi connectivity index (χ0) is 21.1. The van der Waals surface area contributed by atoms with Crippen LogP contribution >= 0.6 is 0 Å². The van der Waals surface area contributed by atoms with Gasteiger partial charge in [-0.3, -0.25) is 9.10 Å². The zero-order valence-corrected chi connectivity index (χ0v) is 17.6. The van der Waals surface area contributed by atoms with Crippen LogP contribution in [0.15, 0.2) is 76.2 Å². The minimum Gasteiger partial charge on any atom is -0.469 e. The predicted molar refractivity (Wildman–Crippen MR) is 115 cm³/mol. The number of sulfonamides is 1. The molecule has 3 aromatic rings. The second-order valence-electron chi connectivity index (χ2n) is 7.48. The number of rotatable bonds is 7. The van der Waals surface area contributed by atoms with Gasteiger partial charge in [-0.25, -0.2) is 8.42 Å². The van der Waals surface area contributed by atoms with Crippen molar-refractivity contribution in [2.75, 3.05) is 10.8 Å². The van der Waals surface area contributed by atoms with Gasteiger partial charge in [-0.05, 0) is 61.7 Å². The van der Waals surface area contributed by atoms with Crippen molar-refractivity contribution < 1.29 is 17.6 Å². The largest absolute Gasteiger partial charge is 0.469 e. The van der Waals surface area contributed by atoms with E-state index in [0.29, 0.717) is 24.2 Å². The molecular formula is C23H24N2O4S. The Morgan fingerprint density at radius 1 is 1.13 bits per heavy atom. The van der Waals surface area contributed by atoms with Crippen LogP contribution in [0.2, 0.25) is 0 Å². The van der Waals surface area contributed by atoms with Crippen molar-refractivity contribution in [3.05, 3.63) is 83.8 Å². The van der Waals surface area contributed by atoms with E-state index in [1.165, 1.54) is 16.4 Å². The molecule has 30 heavy (non-hydrogen) atoms. The zero-order valence-electron chi connectivity index (χ0n) is 16.7. The van der Waals surface area contributed by atoms with Gasteiger partial charge in [0.2, 0.25) is 0 Å². The van der Waals surface area contributed by atoms with Gasteiger partial charge in [0.25, 0.3) is 15.9 Å². The SMILES string of the molecule is C[C@H](CCc1ccco1)NC(=O)c1cccc(S(=O)(=O)N2CCc3ccccc32)c1. The lowest BCUT2D eigenvalue weighted by Crippen LogP contribution is -2.33. The van der Waals surface area contributed by atoms with E-state index >= 15 is 0 Å². The monoisotopic (exact) mass is 424 g/mol. The van der Waals surface area contributed by atoms with E-state index in [-0.39, 0.29) is 16.8 Å². The fourth-order valence-corrected chi connectivity index (χ4v) is 5.23. The Labute approximate surface area is 176 Å². The molecule has 0 bridgehead atoms. The number of nitrogens with one attached hydrogen (secondary N) is 1. The maximum atomic E-state index is 13.2. The molecule has 1 aliphatic rings. The molecule has 1 atom stereocenters. The van der Waals surface area contributed by atoms with E-state index in [1.54, 1.807) is 18.4 Å². The first-order valence-electron chi connectivity index (χ1n) is 9.99. The fourth-order valence-electron chi connectivity index (χ4n) is 3.68. The molecule has 4 rings (SSSR count). The van der Waals surface area contributed by atoms with Crippen LogP contribution in [0.5, 0.6) is 0 Å². The molecule has 1 amide bonds. The summed E-state index contributed by atoms with van der Waals surface area (Å²) >= 11 is 0. The van der Waals surface area contributed by atoms with Gasteiger partial charge in [-0.2, -0.15) is 0 Å². The number of para-hydroxylation sites is 1. The van der Waals surface area contributed by atoms with Crippen molar-refractivity contribution >= 4 is 21.6 Å². The topological polar surface area (TPSA) is 79.6 Å². The number of anilines is 1. The summed E-state index contributed by atoms with van der Waals surface area (Å²) in [5.41, 5.74) is 2.05. The molecule has 0 saturated carbocycles. The predicted octanol–water partition coefficient (Wildman–Crippen LogP) is 3.78. The second kappa shape index (κ2) is 8.36. The molecule has 0 spiro atoms. The van der Waals surface area contributed by atoms with Crippen LogP contribution in [-0.2, 0) is 22.9 Å². The van der Waals surface area contributed by atoms with E-state index in [0.717, 1.165) is 24.2 Å². The molecular weight excluding hydrogens is 400 g/mol. The highest BCUT2D eigenvalue weighted by atomic mass is 32.2. The first-order chi connectivity index (χ1) is 14.4. The normalized spacial score (nSPS) is 14.4. The van der Waals surface area contributed by atoms with Crippen LogP contribution in [0.25, 0.3) is 0 Å². The Morgan fingerprint density at radius 3 is 2.77 bits per heavy atom. The Bertz CT molecular complexity index is 1140. The molecule has 1 aliphatic heterocycles. The molecule has 0 fully saturated rings. The third kappa shape index (κ3) is 4.11. The van der Waals surface area contributed by atoms with E-state index in [9.17, 15) is 13.2 Å². The van der Waals surface area contributed by atoms with Gasteiger partial charge in [0.1, 0.15) is 5.76 Å². The number of hydrogen-bond donors (Lipinski definition) is 1. The summed E-state index contributed by atoms with van der Waals surface area (Å²) in [5.74, 6) is 0.580. The van der Waals surface area contributed by atoms with E-state index in [2.05, 4.69) is 5.32 Å². The van der Waals surface area contributed by atoms with Gasteiger partial charge in [0, 0.05) is 24.6 Å². The highest BCUT2D eigenvalue weighted by Gasteiger charge is 2.31. The van der Waals surface area contributed by atoms with E-state index in [1.807, 2.05) is 43.3 Å². The van der Waals surface area contributed by atoms with Crippen LogP contribution in [0.3, 0.4) is 0 Å². The summed E-state index contributed by atoms with van der Waals surface area (Å²) in [4.78, 5) is 12.8. The van der Waals surface area contributed by atoms with Gasteiger partial charge < -0.3 is 9.73 Å². The van der Waals surface area contributed by atoms with Crippen LogP contribution in [-0.4, -0.2) is 26.9 Å². The quantitative estimate of drug-likeness (QED) is 0.626. The number of carbonyl (C=O) groups excluding carboxylic acids is 1. The molecule has 2 aromatic carbocycles. The number of benzene rings is 2. The smallest absolute Gasteiger partial charge is 0.264 e. The van der Waals surface area contributed by atoms with E-state index < -0.39 is 10.0 Å². The Kier molecular flexibility index (Phi) is 5.63. The summed E-state index contributed by atoms with van der Waals surface area (Å²) in [6, 6.07) is 17.4. The molecule has 156 valence electrons. The number of amides is 1. The highest BCUT2D eigenvalue weighted by molar-refractivity contribution is 7.92. The van der Waals surface area contributed by atoms with Crippen molar-refractivity contribution in [2.24, 2.45) is 0 Å². The number of aryl methyl sites for hydroxylation is 1. The van der Waals surface area contributed by atoms with Gasteiger partial charge in [-0.1, -0.05) is 24.3 Å². The summed E-state index contributed by atoms with van der Waals surface area (Å²) in [7, 11) is -3.74. The standard InChI is InChI=1S/C23H24N2O4S/c1-17(11-12-20-8-5-15-29-20)24-23(26)19-7-4-9-21(16-19)30(27,28)25-14-13-18-6-2-3-10-22(18)25/h2-10,15-17H,11-14H2,1H3,(H,24,26)/t17-/m1/s1. The molecule has 0 radical (unpaired) electrons. The number of hydrogen-bond acceptors (Lipinski definition) is 4. The third-order valence-corrected chi connectivity index (χ3v) is 7.12. The molecule has 0 saturated heterocycles. The highest BCUT2D eigenvalue weighted by Crippen LogP contribution is 2.32. The molecule has 2 heterocycles. The van der Waals surface area contributed by atoms with Crippen molar-refractivity contribution in [3.8, 4) is 0 Å². The lowest BCUT2D eigenvalue weighted by molar-refractivity contribution is 0.0938. The van der Waals surface area contributed by atoms with Gasteiger partial charge in [0.05, 0.1) is 16.8 Å². The third-order valence-electron chi connectivity index (χ3n) is 5.31. The Balaban J connectivity index is 1.47. The average molecular weight is 425 g/mol.